The van der Waals surface area contributed by atoms with E-state index in [2.05, 4.69) is 25.6 Å². The molecule has 2 aromatic heterocycles. The van der Waals surface area contributed by atoms with Gasteiger partial charge in [-0.05, 0) is 24.4 Å². The highest BCUT2D eigenvalue weighted by atomic mass is 35.5. The summed E-state index contributed by atoms with van der Waals surface area (Å²) in [5.74, 6) is -0.452. The van der Waals surface area contributed by atoms with Crippen LogP contribution in [0.3, 0.4) is 0 Å². The third-order valence-corrected chi connectivity index (χ3v) is 4.45. The predicted molar refractivity (Wildman–Crippen MR) is 92.7 cm³/mol. The predicted octanol–water partition coefficient (Wildman–Crippen LogP) is 3.03. The number of carbonyl (C=O) groups excluding carboxylic acids is 1. The molecular weight excluding hydrogens is 397 g/mol. The molecule has 3 heterocycles. The number of hydrogen-bond donors (Lipinski definition) is 1. The first-order valence-corrected chi connectivity index (χ1v) is 8.31. The van der Waals surface area contributed by atoms with Gasteiger partial charge in [0.05, 0.1) is 35.2 Å². The van der Waals surface area contributed by atoms with Crippen LogP contribution in [0, 0.1) is 0 Å². The van der Waals surface area contributed by atoms with Crippen LogP contribution in [0.2, 0.25) is 5.02 Å². The Kier molecular flexibility index (Phi) is 4.34. The van der Waals surface area contributed by atoms with Crippen LogP contribution in [0.1, 0.15) is 33.0 Å². The highest BCUT2D eigenvalue weighted by molar-refractivity contribution is 6.35. The van der Waals surface area contributed by atoms with Crippen LogP contribution >= 0.6 is 11.6 Å². The van der Waals surface area contributed by atoms with Gasteiger partial charge in [-0.1, -0.05) is 22.9 Å². The minimum absolute atomic E-state index is 0.142. The van der Waals surface area contributed by atoms with E-state index in [0.29, 0.717) is 18.1 Å². The lowest BCUT2D eigenvalue weighted by Crippen LogP contribution is -2.13. The Balaban J connectivity index is 1.66. The molecule has 1 aromatic carbocycles. The summed E-state index contributed by atoms with van der Waals surface area (Å²) in [6.45, 7) is 0.518. The largest absolute Gasteiger partial charge is 0.417 e. The molecule has 0 bridgehead atoms. The maximum Gasteiger partial charge on any atom is 0.417 e. The lowest BCUT2D eigenvalue weighted by Gasteiger charge is -2.11. The monoisotopic (exact) mass is 406 g/mol. The topological polar surface area (TPSA) is 85.6 Å². The number of rotatable bonds is 3. The van der Waals surface area contributed by atoms with E-state index in [4.69, 9.17) is 11.6 Å². The van der Waals surface area contributed by atoms with Crippen LogP contribution in [-0.2, 0) is 12.7 Å². The van der Waals surface area contributed by atoms with Crippen molar-refractivity contribution in [2.45, 2.75) is 12.7 Å². The second kappa shape index (κ2) is 6.71. The molecule has 11 heteroatoms. The molecule has 0 atom stereocenters. The fraction of sp³-hybridized carbons (Fsp3) is 0.118. The zero-order valence-electron chi connectivity index (χ0n) is 13.9. The van der Waals surface area contributed by atoms with Gasteiger partial charge < -0.3 is 5.32 Å². The Morgan fingerprint density at radius 2 is 2.04 bits per heavy atom. The Bertz CT molecular complexity index is 1090. The fourth-order valence-corrected chi connectivity index (χ4v) is 3.01. The molecule has 3 aromatic rings. The number of benzene rings is 1. The Morgan fingerprint density at radius 3 is 2.75 bits per heavy atom. The highest BCUT2D eigenvalue weighted by Gasteiger charge is 2.35. The van der Waals surface area contributed by atoms with Crippen molar-refractivity contribution >= 4 is 23.5 Å². The summed E-state index contributed by atoms with van der Waals surface area (Å²) in [6, 6.07) is 3.14. The molecule has 0 fully saturated rings. The highest BCUT2D eigenvalue weighted by Crippen LogP contribution is 2.36. The first kappa shape index (κ1) is 18.1. The Hall–Kier alpha value is -3.27. The molecule has 28 heavy (non-hydrogen) atoms. The van der Waals surface area contributed by atoms with Crippen LogP contribution in [0.5, 0.6) is 0 Å². The first-order valence-electron chi connectivity index (χ1n) is 7.93. The number of nitrogens with one attached hydrogen (secondary N) is 1. The van der Waals surface area contributed by atoms with E-state index >= 15 is 0 Å². The number of nitrogens with zero attached hydrogens (tertiary/aromatic N) is 5. The van der Waals surface area contributed by atoms with Crippen molar-refractivity contribution in [1.29, 1.82) is 0 Å². The van der Waals surface area contributed by atoms with E-state index in [1.165, 1.54) is 16.9 Å². The number of fused-ring (bicyclic) bond motifs is 1. The second-order valence-corrected chi connectivity index (χ2v) is 6.18. The van der Waals surface area contributed by atoms with Crippen molar-refractivity contribution in [2.75, 3.05) is 0 Å². The van der Waals surface area contributed by atoms with Crippen LogP contribution in [0.25, 0.3) is 11.9 Å². The van der Waals surface area contributed by atoms with E-state index in [1.807, 2.05) is 0 Å². The van der Waals surface area contributed by atoms with E-state index in [1.54, 1.807) is 12.3 Å². The van der Waals surface area contributed by atoms with Crippen molar-refractivity contribution in [3.8, 4) is 5.82 Å². The van der Waals surface area contributed by atoms with Crippen LogP contribution in [-0.4, -0.2) is 30.7 Å². The van der Waals surface area contributed by atoms with Gasteiger partial charge in [-0.3, -0.25) is 4.79 Å². The zero-order valence-corrected chi connectivity index (χ0v) is 14.7. The van der Waals surface area contributed by atoms with Crippen molar-refractivity contribution in [3.63, 3.8) is 0 Å². The first-order chi connectivity index (χ1) is 13.4. The summed E-state index contributed by atoms with van der Waals surface area (Å²) in [6.07, 6.45) is 1.29. The molecule has 7 nitrogen and oxygen atoms in total. The summed E-state index contributed by atoms with van der Waals surface area (Å²) >= 11 is 5.81. The lowest BCUT2D eigenvalue weighted by molar-refractivity contribution is -0.137. The molecule has 4 rings (SSSR count). The van der Waals surface area contributed by atoms with Crippen LogP contribution < -0.4 is 5.32 Å². The van der Waals surface area contributed by atoms with Crippen molar-refractivity contribution in [2.24, 2.45) is 0 Å². The standard InChI is InChI=1S/C17H10ClF3N6O/c18-15-9(2-1-3-10(15)17(19,20)21)16(28)12-7-24-14(8-23-12)27-13-4-5-22-6-11(13)25-26-27/h1-5,7-8,22H,6H2. The number of carbonyl (C=O) groups is 1. The van der Waals surface area contributed by atoms with Gasteiger partial charge in [0, 0.05) is 5.56 Å². The molecule has 0 amide bonds. The maximum atomic E-state index is 13.0. The number of alkyl halides is 3. The Labute approximate surface area is 160 Å². The van der Waals surface area contributed by atoms with Crippen LogP contribution in [0.4, 0.5) is 13.2 Å². The van der Waals surface area contributed by atoms with Gasteiger partial charge >= 0.3 is 6.18 Å². The average Bonchev–Trinajstić information content (AvgIpc) is 3.11. The van der Waals surface area contributed by atoms with E-state index in [9.17, 15) is 18.0 Å². The van der Waals surface area contributed by atoms with Gasteiger partial charge in [-0.25, -0.2) is 9.97 Å². The minimum Gasteiger partial charge on any atom is -0.385 e. The van der Waals surface area contributed by atoms with Crippen molar-refractivity contribution in [1.82, 2.24) is 30.3 Å². The van der Waals surface area contributed by atoms with E-state index < -0.39 is 22.5 Å². The fourth-order valence-electron chi connectivity index (χ4n) is 2.69. The summed E-state index contributed by atoms with van der Waals surface area (Å²) in [4.78, 5) is 20.7. The molecule has 1 N–H and O–H groups in total. The molecule has 142 valence electrons. The third-order valence-electron chi connectivity index (χ3n) is 4.04. The molecule has 0 radical (unpaired) electrons. The van der Waals surface area contributed by atoms with Gasteiger partial charge in [0.1, 0.15) is 11.4 Å². The normalized spacial score (nSPS) is 13.1. The summed E-state index contributed by atoms with van der Waals surface area (Å²) in [5, 5.41) is 10.3. The van der Waals surface area contributed by atoms with Gasteiger partial charge in [-0.15, -0.1) is 5.10 Å². The number of aromatic nitrogens is 5. The zero-order chi connectivity index (χ0) is 19.9. The molecule has 1 aliphatic heterocycles. The van der Waals surface area contributed by atoms with E-state index in [0.717, 1.165) is 24.0 Å². The molecule has 0 unspecified atom stereocenters. The van der Waals surface area contributed by atoms with Crippen molar-refractivity contribution < 1.29 is 18.0 Å². The summed E-state index contributed by atoms with van der Waals surface area (Å²) in [5.41, 5.74) is -0.0886. The van der Waals surface area contributed by atoms with Gasteiger partial charge in [0.2, 0.25) is 5.78 Å². The Morgan fingerprint density at radius 1 is 1.21 bits per heavy atom. The van der Waals surface area contributed by atoms with Gasteiger partial charge in [-0.2, -0.15) is 17.9 Å². The van der Waals surface area contributed by atoms with Gasteiger partial charge in [0.25, 0.3) is 0 Å². The molecular formula is C17H10ClF3N6O. The molecule has 0 saturated heterocycles. The smallest absolute Gasteiger partial charge is 0.385 e. The maximum absolute atomic E-state index is 13.0. The molecule has 0 aliphatic carbocycles. The lowest BCUT2D eigenvalue weighted by atomic mass is 10.0. The molecule has 0 spiro atoms. The van der Waals surface area contributed by atoms with Crippen molar-refractivity contribution in [3.05, 3.63) is 70.0 Å². The molecule has 0 saturated carbocycles. The van der Waals surface area contributed by atoms with Gasteiger partial charge in [0.15, 0.2) is 5.82 Å². The number of hydrogen-bond acceptors (Lipinski definition) is 6. The number of ketones is 1. The van der Waals surface area contributed by atoms with Crippen LogP contribution in [0.15, 0.2) is 36.8 Å². The third kappa shape index (κ3) is 3.11. The summed E-state index contributed by atoms with van der Waals surface area (Å²) < 4.78 is 40.4. The number of halogens is 4. The summed E-state index contributed by atoms with van der Waals surface area (Å²) in [7, 11) is 0. The quantitative estimate of drug-likeness (QED) is 0.673. The minimum atomic E-state index is -4.67. The average molecular weight is 407 g/mol. The SMILES string of the molecule is O=C(c1cnc(-n2nnc3c2C=CNC3)cn1)c1cccc(C(F)(F)F)c1Cl. The van der Waals surface area contributed by atoms with E-state index in [-0.39, 0.29) is 11.3 Å². The molecule has 1 aliphatic rings. The second-order valence-electron chi connectivity index (χ2n) is 5.80.